The van der Waals surface area contributed by atoms with Gasteiger partial charge in [-0.1, -0.05) is 0 Å². The van der Waals surface area contributed by atoms with E-state index in [1.807, 2.05) is 0 Å². The van der Waals surface area contributed by atoms with Gasteiger partial charge in [-0.15, -0.1) is 0 Å². The van der Waals surface area contributed by atoms with E-state index >= 15 is 0 Å². The highest BCUT2D eigenvalue weighted by Gasteiger charge is 2.20. The smallest absolute Gasteiger partial charge is 0.282 e. The normalized spacial score (nSPS) is 10.1. The summed E-state index contributed by atoms with van der Waals surface area (Å²) in [5, 5.41) is 22.6. The first-order valence-electron chi connectivity index (χ1n) is 5.31. The number of rotatable bonds is 4. The number of benzene rings is 1. The van der Waals surface area contributed by atoms with Gasteiger partial charge in [0.2, 0.25) is 0 Å². The van der Waals surface area contributed by atoms with Gasteiger partial charge in [0.25, 0.3) is 11.6 Å². The summed E-state index contributed by atoms with van der Waals surface area (Å²) in [7, 11) is 0. The molecule has 0 saturated carbocycles. The molecule has 0 aliphatic rings. The van der Waals surface area contributed by atoms with Gasteiger partial charge in [0, 0.05) is 12.3 Å². The fraction of sp³-hybridized carbons (Fsp3) is 0.0909. The third kappa shape index (κ3) is 2.86. The molecule has 0 saturated heterocycles. The highest BCUT2D eigenvalue weighted by Crippen LogP contribution is 2.23. The Hall–Kier alpha value is -2.90. The second-order valence-electron chi connectivity index (χ2n) is 3.72. The first-order valence-corrected chi connectivity index (χ1v) is 5.31. The third-order valence-electron chi connectivity index (χ3n) is 2.42. The summed E-state index contributed by atoms with van der Waals surface area (Å²) in [4.78, 5) is 28.5. The summed E-state index contributed by atoms with van der Waals surface area (Å²) in [6, 6.07) is 3.30. The van der Waals surface area contributed by atoms with Crippen molar-refractivity contribution < 1.29 is 14.8 Å². The first kappa shape index (κ1) is 12.6. The number of imidazole rings is 1. The largest absolute Gasteiger partial charge is 0.508 e. The topological polar surface area (TPSA) is 121 Å². The number of nitro benzene ring substituents is 1. The van der Waals surface area contributed by atoms with E-state index in [2.05, 4.69) is 15.3 Å². The maximum atomic E-state index is 11.9. The van der Waals surface area contributed by atoms with Gasteiger partial charge in [-0.05, 0) is 12.1 Å². The maximum absolute atomic E-state index is 11.9. The number of hydrogen-bond donors (Lipinski definition) is 3. The Balaban J connectivity index is 2.18. The van der Waals surface area contributed by atoms with Crippen LogP contribution in [-0.4, -0.2) is 25.9 Å². The van der Waals surface area contributed by atoms with Gasteiger partial charge in [0.05, 0.1) is 23.5 Å². The standard InChI is InChI=1S/C11H10N4O4/c16-8-1-2-10(15(18)19)9(3-8)11(17)13-5-7-4-12-6-14-7/h1-4,6,16H,5H2,(H,12,14)(H,13,17). The fourth-order valence-electron chi connectivity index (χ4n) is 1.52. The van der Waals surface area contributed by atoms with Crippen LogP contribution in [0.1, 0.15) is 16.1 Å². The number of nitrogens with one attached hydrogen (secondary N) is 2. The zero-order valence-electron chi connectivity index (χ0n) is 9.66. The number of H-pyrrole nitrogens is 1. The minimum atomic E-state index is -0.676. The van der Waals surface area contributed by atoms with Crippen LogP contribution < -0.4 is 5.32 Å². The van der Waals surface area contributed by atoms with Crippen LogP contribution in [0.2, 0.25) is 0 Å². The summed E-state index contributed by atoms with van der Waals surface area (Å²) >= 11 is 0. The lowest BCUT2D eigenvalue weighted by atomic mass is 10.1. The number of aromatic nitrogens is 2. The lowest BCUT2D eigenvalue weighted by Crippen LogP contribution is -2.23. The summed E-state index contributed by atoms with van der Waals surface area (Å²) in [6.07, 6.45) is 2.98. The highest BCUT2D eigenvalue weighted by atomic mass is 16.6. The number of phenols is 1. The zero-order chi connectivity index (χ0) is 13.8. The Morgan fingerprint density at radius 3 is 2.95 bits per heavy atom. The van der Waals surface area contributed by atoms with E-state index in [1.165, 1.54) is 12.5 Å². The molecule has 0 bridgehead atoms. The number of aromatic hydroxyl groups is 1. The quantitative estimate of drug-likeness (QED) is 0.559. The number of carbonyl (C=O) groups is 1. The van der Waals surface area contributed by atoms with Gasteiger partial charge >= 0.3 is 0 Å². The molecule has 0 aliphatic carbocycles. The lowest BCUT2D eigenvalue weighted by Gasteiger charge is -2.05. The Labute approximate surface area is 107 Å². The predicted octanol–water partition coefficient (Wildman–Crippen LogP) is 0.954. The monoisotopic (exact) mass is 262 g/mol. The highest BCUT2D eigenvalue weighted by molar-refractivity contribution is 5.98. The lowest BCUT2D eigenvalue weighted by molar-refractivity contribution is -0.385. The van der Waals surface area contributed by atoms with Crippen molar-refractivity contribution in [2.75, 3.05) is 0 Å². The van der Waals surface area contributed by atoms with E-state index < -0.39 is 10.8 Å². The van der Waals surface area contributed by atoms with Gasteiger partial charge in [0.1, 0.15) is 11.3 Å². The SMILES string of the molecule is O=C(NCc1cnc[nH]1)c1cc(O)ccc1[N+](=O)[O-]. The van der Waals surface area contributed by atoms with Crippen LogP contribution in [0.4, 0.5) is 5.69 Å². The van der Waals surface area contributed by atoms with Crippen molar-refractivity contribution >= 4 is 11.6 Å². The van der Waals surface area contributed by atoms with Crippen molar-refractivity contribution in [2.45, 2.75) is 6.54 Å². The number of aromatic amines is 1. The summed E-state index contributed by atoms with van der Waals surface area (Å²) in [6.45, 7) is 0.158. The van der Waals surface area contributed by atoms with Gasteiger partial charge in [-0.2, -0.15) is 0 Å². The molecule has 1 heterocycles. The van der Waals surface area contributed by atoms with Gasteiger partial charge in [0.15, 0.2) is 0 Å². The molecule has 0 spiro atoms. The van der Waals surface area contributed by atoms with Crippen molar-refractivity contribution in [3.05, 3.63) is 52.1 Å². The van der Waals surface area contributed by atoms with Crippen LogP contribution in [0.25, 0.3) is 0 Å². The summed E-state index contributed by atoms with van der Waals surface area (Å²) < 4.78 is 0. The van der Waals surface area contributed by atoms with Crippen LogP contribution in [0, 0.1) is 10.1 Å². The molecule has 19 heavy (non-hydrogen) atoms. The van der Waals surface area contributed by atoms with E-state index in [1.54, 1.807) is 0 Å². The van der Waals surface area contributed by atoms with Gasteiger partial charge in [-0.3, -0.25) is 14.9 Å². The molecule has 1 amide bonds. The molecule has 0 fully saturated rings. The van der Waals surface area contributed by atoms with Gasteiger partial charge < -0.3 is 15.4 Å². The molecule has 2 rings (SSSR count). The number of amides is 1. The summed E-state index contributed by atoms with van der Waals surface area (Å²) in [5.74, 6) is -0.852. The minimum absolute atomic E-state index is 0.158. The zero-order valence-corrected chi connectivity index (χ0v) is 9.66. The minimum Gasteiger partial charge on any atom is -0.508 e. The predicted molar refractivity (Wildman–Crippen MR) is 64.5 cm³/mol. The van der Waals surface area contributed by atoms with Crippen molar-refractivity contribution in [2.24, 2.45) is 0 Å². The van der Waals surface area contributed by atoms with Crippen LogP contribution in [0.3, 0.4) is 0 Å². The van der Waals surface area contributed by atoms with Crippen molar-refractivity contribution in [1.29, 1.82) is 0 Å². The Kier molecular flexibility index (Phi) is 3.42. The number of phenolic OH excluding ortho intramolecular Hbond substituents is 1. The average molecular weight is 262 g/mol. The molecule has 0 radical (unpaired) electrons. The van der Waals surface area contributed by atoms with E-state index in [-0.39, 0.29) is 23.5 Å². The van der Waals surface area contributed by atoms with Crippen LogP contribution in [0.5, 0.6) is 5.75 Å². The molecule has 8 nitrogen and oxygen atoms in total. The summed E-state index contributed by atoms with van der Waals surface area (Å²) in [5.41, 5.74) is 0.112. The Morgan fingerprint density at radius 1 is 1.53 bits per heavy atom. The second kappa shape index (κ2) is 5.17. The van der Waals surface area contributed by atoms with Crippen LogP contribution >= 0.6 is 0 Å². The average Bonchev–Trinajstić information content (AvgIpc) is 2.88. The van der Waals surface area contributed by atoms with E-state index in [9.17, 15) is 20.0 Å². The second-order valence-corrected chi connectivity index (χ2v) is 3.72. The maximum Gasteiger partial charge on any atom is 0.282 e. The fourth-order valence-corrected chi connectivity index (χ4v) is 1.52. The molecular formula is C11H10N4O4. The molecule has 1 aromatic heterocycles. The van der Waals surface area contributed by atoms with E-state index in [4.69, 9.17) is 0 Å². The Bertz CT molecular complexity index is 609. The first-order chi connectivity index (χ1) is 9.08. The third-order valence-corrected chi connectivity index (χ3v) is 2.42. The molecule has 0 unspecified atom stereocenters. The Morgan fingerprint density at radius 2 is 2.32 bits per heavy atom. The number of nitro groups is 1. The van der Waals surface area contributed by atoms with Crippen molar-refractivity contribution in [3.63, 3.8) is 0 Å². The van der Waals surface area contributed by atoms with Crippen LogP contribution in [0.15, 0.2) is 30.7 Å². The number of carbonyl (C=O) groups excluding carboxylic acids is 1. The molecule has 2 aromatic rings. The molecule has 98 valence electrons. The van der Waals surface area contributed by atoms with Gasteiger partial charge in [-0.25, -0.2) is 4.98 Å². The van der Waals surface area contributed by atoms with E-state index in [0.29, 0.717) is 5.69 Å². The molecule has 0 atom stereocenters. The number of nitrogens with zero attached hydrogens (tertiary/aromatic N) is 2. The molecule has 3 N–H and O–H groups in total. The van der Waals surface area contributed by atoms with Crippen molar-refractivity contribution in [3.8, 4) is 5.75 Å². The molecular weight excluding hydrogens is 252 g/mol. The van der Waals surface area contributed by atoms with E-state index in [0.717, 1.165) is 18.2 Å². The molecule has 0 aliphatic heterocycles. The molecule has 1 aromatic carbocycles. The van der Waals surface area contributed by atoms with Crippen LogP contribution in [-0.2, 0) is 6.54 Å². The van der Waals surface area contributed by atoms with Crippen molar-refractivity contribution in [1.82, 2.24) is 15.3 Å². The number of hydrogen-bond acceptors (Lipinski definition) is 5. The molecule has 8 heteroatoms.